The number of ether oxygens (including phenoxy) is 4. The van der Waals surface area contributed by atoms with Crippen molar-refractivity contribution in [2.24, 2.45) is 0 Å². The molecule has 0 fully saturated rings. The molecule has 206 valence electrons. The maximum Gasteiger partial charge on any atom is 0.339 e. The van der Waals surface area contributed by atoms with Crippen LogP contribution < -0.4 is 0 Å². The highest BCUT2D eigenvalue weighted by atomic mass is 16.6. The van der Waals surface area contributed by atoms with E-state index in [1.165, 1.54) is 0 Å². The molecule has 0 N–H and O–H groups in total. The maximum atomic E-state index is 13.2. The number of esters is 3. The molecule has 0 aromatic heterocycles. The van der Waals surface area contributed by atoms with Gasteiger partial charge in [-0.2, -0.15) is 0 Å². The highest BCUT2D eigenvalue weighted by Crippen LogP contribution is 2.26. The first kappa shape index (κ1) is 33.4. The molecule has 0 saturated heterocycles. The Labute approximate surface area is 214 Å². The smallest absolute Gasteiger partial charge is 0.339 e. The van der Waals surface area contributed by atoms with E-state index in [2.05, 4.69) is 20.8 Å². The summed E-state index contributed by atoms with van der Waals surface area (Å²) in [5, 5.41) is 0. The minimum absolute atomic E-state index is 0.232. The van der Waals surface area contributed by atoms with Crippen LogP contribution in [0.3, 0.4) is 0 Å². The fraction of sp³-hybridized carbons (Fsp3) is 0.893. The molecule has 0 spiro atoms. The third-order valence-electron chi connectivity index (χ3n) is 5.86. The Morgan fingerprint density at radius 2 is 0.886 bits per heavy atom. The predicted molar refractivity (Wildman–Crippen MR) is 138 cm³/mol. The molecule has 0 aliphatic rings. The van der Waals surface area contributed by atoms with Gasteiger partial charge in [-0.15, -0.1) is 0 Å². The van der Waals surface area contributed by atoms with E-state index in [1.54, 1.807) is 0 Å². The van der Waals surface area contributed by atoms with Crippen LogP contribution in [0.1, 0.15) is 130 Å². The second kappa shape index (κ2) is 22.8. The summed E-state index contributed by atoms with van der Waals surface area (Å²) in [4.78, 5) is 38.6. The van der Waals surface area contributed by atoms with Crippen LogP contribution in [0.4, 0.5) is 0 Å². The van der Waals surface area contributed by atoms with Gasteiger partial charge >= 0.3 is 17.9 Å². The Kier molecular flexibility index (Phi) is 21.7. The van der Waals surface area contributed by atoms with Gasteiger partial charge < -0.3 is 18.9 Å². The van der Waals surface area contributed by atoms with Gasteiger partial charge in [-0.05, 0) is 25.7 Å². The van der Waals surface area contributed by atoms with Gasteiger partial charge in [0, 0.05) is 6.61 Å². The first-order valence-corrected chi connectivity index (χ1v) is 14.1. The molecule has 0 saturated carbocycles. The second-order valence-electron chi connectivity index (χ2n) is 9.31. The second-order valence-corrected chi connectivity index (χ2v) is 9.31. The molecular weight excluding hydrogens is 448 g/mol. The molecule has 0 aromatic carbocycles. The van der Waals surface area contributed by atoms with E-state index in [-0.39, 0.29) is 39.3 Å². The zero-order valence-electron chi connectivity index (χ0n) is 23.0. The molecule has 7 heteroatoms. The van der Waals surface area contributed by atoms with E-state index in [1.807, 2.05) is 6.92 Å². The summed E-state index contributed by atoms with van der Waals surface area (Å²) in [5.74, 6) is -1.80. The van der Waals surface area contributed by atoms with E-state index in [0.29, 0.717) is 6.42 Å². The van der Waals surface area contributed by atoms with Crippen molar-refractivity contribution in [3.05, 3.63) is 0 Å². The van der Waals surface area contributed by atoms with Crippen molar-refractivity contribution in [3.63, 3.8) is 0 Å². The lowest BCUT2D eigenvalue weighted by Crippen LogP contribution is -2.47. The maximum absolute atomic E-state index is 13.2. The van der Waals surface area contributed by atoms with Gasteiger partial charge in [0.05, 0.1) is 32.7 Å². The molecular formula is C28H52O7. The Balaban J connectivity index is 5.30. The fourth-order valence-corrected chi connectivity index (χ4v) is 3.60. The van der Waals surface area contributed by atoms with Gasteiger partial charge in [0.25, 0.3) is 0 Å². The number of unbranched alkanes of at least 4 members (excludes halogenated alkanes) is 10. The standard InChI is InChI=1S/C28H52O7/c1-5-9-13-16-19-32-25(29)23-28(35-22-12-8-4,27(31)34-21-18-15-11-7-3)24-26(30)33-20-17-14-10-6-2/h5-24H2,1-4H3. The summed E-state index contributed by atoms with van der Waals surface area (Å²) in [5.41, 5.74) is -1.72. The quantitative estimate of drug-likeness (QED) is 0.0828. The van der Waals surface area contributed by atoms with Gasteiger partial charge in [0.2, 0.25) is 0 Å². The number of carbonyl (C=O) groups excluding carboxylic acids is 3. The molecule has 0 aliphatic heterocycles. The SMILES string of the molecule is CCCCCCOC(=O)CC(CC(=O)OCCCCCC)(OCCCC)C(=O)OCCCCCC. The first-order valence-electron chi connectivity index (χ1n) is 14.1. The van der Waals surface area contributed by atoms with E-state index in [0.717, 1.165) is 83.5 Å². The largest absolute Gasteiger partial charge is 0.466 e. The summed E-state index contributed by atoms with van der Waals surface area (Å²) < 4.78 is 22.3. The van der Waals surface area contributed by atoms with E-state index in [9.17, 15) is 14.4 Å². The monoisotopic (exact) mass is 500 g/mol. The summed E-state index contributed by atoms with van der Waals surface area (Å²) >= 11 is 0. The van der Waals surface area contributed by atoms with Crippen molar-refractivity contribution in [2.75, 3.05) is 26.4 Å². The molecule has 0 rings (SSSR count). The fourth-order valence-electron chi connectivity index (χ4n) is 3.60. The summed E-state index contributed by atoms with van der Waals surface area (Å²) in [7, 11) is 0. The van der Waals surface area contributed by atoms with Gasteiger partial charge in [-0.25, -0.2) is 4.79 Å². The van der Waals surface area contributed by atoms with Crippen LogP contribution >= 0.6 is 0 Å². The molecule has 0 aliphatic carbocycles. The zero-order valence-corrected chi connectivity index (χ0v) is 23.0. The van der Waals surface area contributed by atoms with Crippen LogP contribution in [0.2, 0.25) is 0 Å². The first-order chi connectivity index (χ1) is 17.0. The Morgan fingerprint density at radius 3 is 1.29 bits per heavy atom. The number of hydrogen-bond donors (Lipinski definition) is 0. The highest BCUT2D eigenvalue weighted by molar-refractivity contribution is 5.90. The van der Waals surface area contributed by atoms with Gasteiger partial charge in [-0.3, -0.25) is 9.59 Å². The molecule has 0 atom stereocenters. The third kappa shape index (κ3) is 17.4. The predicted octanol–water partition coefficient (Wildman–Crippen LogP) is 6.69. The number of rotatable bonds is 24. The van der Waals surface area contributed by atoms with Crippen molar-refractivity contribution in [3.8, 4) is 0 Å². The van der Waals surface area contributed by atoms with Crippen LogP contribution in [0.5, 0.6) is 0 Å². The Morgan fingerprint density at radius 1 is 0.486 bits per heavy atom. The van der Waals surface area contributed by atoms with Crippen molar-refractivity contribution < 1.29 is 33.3 Å². The van der Waals surface area contributed by atoms with Crippen LogP contribution in [-0.4, -0.2) is 49.9 Å². The van der Waals surface area contributed by atoms with E-state index >= 15 is 0 Å². The average molecular weight is 501 g/mol. The number of hydrogen-bond acceptors (Lipinski definition) is 7. The zero-order chi connectivity index (χ0) is 26.2. The van der Waals surface area contributed by atoms with Crippen molar-refractivity contribution in [2.45, 2.75) is 136 Å². The molecule has 0 unspecified atom stereocenters. The lowest BCUT2D eigenvalue weighted by atomic mass is 9.94. The van der Waals surface area contributed by atoms with Crippen molar-refractivity contribution in [1.82, 2.24) is 0 Å². The molecule has 0 radical (unpaired) electrons. The van der Waals surface area contributed by atoms with E-state index in [4.69, 9.17) is 18.9 Å². The number of carbonyl (C=O) groups is 3. The van der Waals surface area contributed by atoms with Crippen LogP contribution in [0.25, 0.3) is 0 Å². The lowest BCUT2D eigenvalue weighted by molar-refractivity contribution is -0.186. The molecule has 0 bridgehead atoms. The molecule has 35 heavy (non-hydrogen) atoms. The van der Waals surface area contributed by atoms with Crippen LogP contribution in [-0.2, 0) is 33.3 Å². The molecule has 0 aromatic rings. The minimum Gasteiger partial charge on any atom is -0.466 e. The van der Waals surface area contributed by atoms with Crippen LogP contribution in [0.15, 0.2) is 0 Å². The van der Waals surface area contributed by atoms with Crippen LogP contribution in [0, 0.1) is 0 Å². The molecule has 7 nitrogen and oxygen atoms in total. The average Bonchev–Trinajstić information content (AvgIpc) is 2.83. The Hall–Kier alpha value is -1.63. The van der Waals surface area contributed by atoms with Crippen molar-refractivity contribution >= 4 is 17.9 Å². The summed E-state index contributed by atoms with van der Waals surface area (Å²) in [6, 6.07) is 0. The van der Waals surface area contributed by atoms with Crippen molar-refractivity contribution in [1.29, 1.82) is 0 Å². The topological polar surface area (TPSA) is 88.1 Å². The minimum atomic E-state index is -1.72. The highest BCUT2D eigenvalue weighted by Gasteiger charge is 2.46. The molecule has 0 heterocycles. The normalized spacial score (nSPS) is 11.3. The van der Waals surface area contributed by atoms with Gasteiger partial charge in [0.1, 0.15) is 0 Å². The lowest BCUT2D eigenvalue weighted by Gasteiger charge is -2.30. The summed E-state index contributed by atoms with van der Waals surface area (Å²) in [6.45, 7) is 9.41. The van der Waals surface area contributed by atoms with E-state index < -0.39 is 23.5 Å². The Bertz CT molecular complexity index is 519. The van der Waals surface area contributed by atoms with Gasteiger partial charge in [0.15, 0.2) is 5.60 Å². The van der Waals surface area contributed by atoms with Gasteiger partial charge in [-0.1, -0.05) is 91.9 Å². The summed E-state index contributed by atoms with van der Waals surface area (Å²) in [6.07, 6.45) is 12.5. The third-order valence-corrected chi connectivity index (χ3v) is 5.86. The molecule has 0 amide bonds.